The van der Waals surface area contributed by atoms with Crippen LogP contribution in [0.15, 0.2) is 36.4 Å². The van der Waals surface area contributed by atoms with Crippen LogP contribution in [0.3, 0.4) is 0 Å². The Kier molecular flexibility index (Phi) is 8.86. The van der Waals surface area contributed by atoms with Crippen LogP contribution in [-0.2, 0) is 11.2 Å². The van der Waals surface area contributed by atoms with Gasteiger partial charge in [-0.3, -0.25) is 0 Å². The second-order valence-corrected chi connectivity index (χ2v) is 6.48. The molecule has 1 aromatic carbocycles. The first kappa shape index (κ1) is 18.1. The Bertz CT molecular complexity index is 432. The Balaban J connectivity index is 1.49. The third kappa shape index (κ3) is 8.80. The molecule has 0 bridgehead atoms. The molecule has 0 saturated carbocycles. The van der Waals surface area contributed by atoms with Crippen LogP contribution in [0.5, 0.6) is 5.75 Å². The van der Waals surface area contributed by atoms with Crippen LogP contribution in [0, 0.1) is 0 Å². The van der Waals surface area contributed by atoms with E-state index in [0.717, 1.165) is 25.2 Å². The predicted molar refractivity (Wildman–Crippen MR) is 97.1 cm³/mol. The van der Waals surface area contributed by atoms with Crippen LogP contribution >= 0.6 is 0 Å². The summed E-state index contributed by atoms with van der Waals surface area (Å²) in [6.07, 6.45) is 16.8. The van der Waals surface area contributed by atoms with Crippen molar-refractivity contribution < 1.29 is 9.47 Å². The number of epoxide rings is 1. The minimum atomic E-state index is 0.325. The molecule has 0 N–H and O–H groups in total. The zero-order valence-corrected chi connectivity index (χ0v) is 14.6. The number of hydrogen-bond donors (Lipinski definition) is 0. The van der Waals surface area contributed by atoms with Crippen molar-refractivity contribution in [2.75, 3.05) is 13.2 Å². The van der Waals surface area contributed by atoms with Gasteiger partial charge in [-0.15, -0.1) is 0 Å². The van der Waals surface area contributed by atoms with Gasteiger partial charge >= 0.3 is 0 Å². The highest BCUT2D eigenvalue weighted by Gasteiger charge is 2.22. The summed E-state index contributed by atoms with van der Waals surface area (Å²) < 4.78 is 10.8. The number of rotatable bonds is 13. The summed E-state index contributed by atoms with van der Waals surface area (Å²) in [5.41, 5.74) is 1.38. The van der Waals surface area contributed by atoms with Crippen LogP contribution < -0.4 is 4.74 Å². The van der Waals surface area contributed by atoms with Crippen LogP contribution in [0.25, 0.3) is 0 Å². The number of unbranched alkanes of at least 4 members (excludes halogenated alkanes) is 6. The maximum absolute atomic E-state index is 5.65. The number of hydrogen-bond acceptors (Lipinski definition) is 2. The molecule has 1 heterocycles. The monoisotopic (exact) mass is 316 g/mol. The Labute approximate surface area is 141 Å². The Morgan fingerprint density at radius 1 is 1.00 bits per heavy atom. The second kappa shape index (κ2) is 11.3. The van der Waals surface area contributed by atoms with Gasteiger partial charge < -0.3 is 9.47 Å². The fraction of sp³-hybridized carbons (Fsp3) is 0.619. The number of benzene rings is 1. The van der Waals surface area contributed by atoms with Gasteiger partial charge in [0.05, 0.1) is 6.61 Å². The molecule has 128 valence electrons. The molecule has 0 spiro atoms. The molecule has 0 aliphatic carbocycles. The van der Waals surface area contributed by atoms with Crippen LogP contribution in [0.4, 0.5) is 0 Å². The molecule has 1 aliphatic heterocycles. The van der Waals surface area contributed by atoms with E-state index < -0.39 is 0 Å². The molecule has 1 saturated heterocycles. The first-order chi connectivity index (χ1) is 11.4. The highest BCUT2D eigenvalue weighted by atomic mass is 16.6. The van der Waals surface area contributed by atoms with E-state index in [1.807, 2.05) is 0 Å². The highest BCUT2D eigenvalue weighted by molar-refractivity contribution is 5.27. The summed E-state index contributed by atoms with van der Waals surface area (Å²) >= 11 is 0. The summed E-state index contributed by atoms with van der Waals surface area (Å²) in [6, 6.07) is 8.48. The molecular formula is C21H32O2. The molecule has 0 radical (unpaired) electrons. The highest BCUT2D eigenvalue weighted by Crippen LogP contribution is 2.16. The minimum absolute atomic E-state index is 0.325. The second-order valence-electron chi connectivity index (χ2n) is 6.48. The molecule has 2 heteroatoms. The van der Waals surface area contributed by atoms with E-state index in [1.165, 1.54) is 50.5 Å². The van der Waals surface area contributed by atoms with Gasteiger partial charge in [0.2, 0.25) is 0 Å². The van der Waals surface area contributed by atoms with E-state index in [0.29, 0.717) is 12.7 Å². The van der Waals surface area contributed by atoms with E-state index in [2.05, 4.69) is 43.3 Å². The van der Waals surface area contributed by atoms with E-state index >= 15 is 0 Å². The van der Waals surface area contributed by atoms with Gasteiger partial charge in [-0.25, -0.2) is 0 Å². The van der Waals surface area contributed by atoms with Gasteiger partial charge in [0, 0.05) is 0 Å². The van der Waals surface area contributed by atoms with E-state index in [4.69, 9.17) is 9.47 Å². The van der Waals surface area contributed by atoms with Gasteiger partial charge in [-0.05, 0) is 43.4 Å². The summed E-state index contributed by atoms with van der Waals surface area (Å²) in [7, 11) is 0. The van der Waals surface area contributed by atoms with Crippen LogP contribution in [-0.4, -0.2) is 19.3 Å². The molecule has 1 atom stereocenters. The van der Waals surface area contributed by atoms with Gasteiger partial charge in [0.1, 0.15) is 18.5 Å². The normalized spacial score (nSPS) is 16.8. The van der Waals surface area contributed by atoms with Crippen molar-refractivity contribution in [2.45, 2.75) is 70.8 Å². The molecule has 0 aromatic heterocycles. The molecule has 1 aromatic rings. The molecule has 1 unspecified atom stereocenters. The summed E-state index contributed by atoms with van der Waals surface area (Å²) in [5, 5.41) is 0. The molecular weight excluding hydrogens is 284 g/mol. The van der Waals surface area contributed by atoms with Crippen molar-refractivity contribution in [3.05, 3.63) is 42.0 Å². The number of allylic oxidation sites excluding steroid dienone is 2. The zero-order valence-electron chi connectivity index (χ0n) is 14.6. The summed E-state index contributed by atoms with van der Waals surface area (Å²) in [6.45, 7) is 3.80. The maximum atomic E-state index is 5.65. The first-order valence-electron chi connectivity index (χ1n) is 9.37. The van der Waals surface area contributed by atoms with E-state index in [1.54, 1.807) is 0 Å². The maximum Gasteiger partial charge on any atom is 0.119 e. The van der Waals surface area contributed by atoms with Crippen molar-refractivity contribution in [1.82, 2.24) is 0 Å². The lowest BCUT2D eigenvalue weighted by atomic mass is 10.1. The molecule has 2 nitrogen and oxygen atoms in total. The molecule has 0 amide bonds. The molecule has 2 rings (SSSR count). The van der Waals surface area contributed by atoms with Crippen molar-refractivity contribution >= 4 is 0 Å². The first-order valence-corrected chi connectivity index (χ1v) is 9.37. The van der Waals surface area contributed by atoms with E-state index in [9.17, 15) is 0 Å². The standard InChI is InChI=1S/C21H32O2/c1-2-3-4-5-6-7-8-9-10-11-12-19-13-15-20(16-14-19)22-17-21-18-23-21/h9-10,13-16,21H,2-8,11-12,17-18H2,1H3/b10-9+. The lowest BCUT2D eigenvalue weighted by molar-refractivity contribution is 0.263. The lowest BCUT2D eigenvalue weighted by Gasteiger charge is -2.05. The van der Waals surface area contributed by atoms with Gasteiger partial charge in [0.25, 0.3) is 0 Å². The Morgan fingerprint density at radius 3 is 2.43 bits per heavy atom. The van der Waals surface area contributed by atoms with Crippen molar-refractivity contribution in [2.24, 2.45) is 0 Å². The average molecular weight is 316 g/mol. The Morgan fingerprint density at radius 2 is 1.70 bits per heavy atom. The van der Waals surface area contributed by atoms with Gasteiger partial charge in [-0.1, -0.05) is 63.3 Å². The van der Waals surface area contributed by atoms with Crippen molar-refractivity contribution in [3.8, 4) is 5.75 Å². The third-order valence-electron chi connectivity index (χ3n) is 4.25. The predicted octanol–water partition coefficient (Wildman–Crippen LogP) is 5.70. The fourth-order valence-corrected chi connectivity index (χ4v) is 2.63. The van der Waals surface area contributed by atoms with Crippen LogP contribution in [0.2, 0.25) is 0 Å². The lowest BCUT2D eigenvalue weighted by Crippen LogP contribution is -2.03. The van der Waals surface area contributed by atoms with Crippen molar-refractivity contribution in [1.29, 1.82) is 0 Å². The van der Waals surface area contributed by atoms with Gasteiger partial charge in [0.15, 0.2) is 0 Å². The SMILES string of the molecule is CCCCCCCC/C=C/CCc1ccc(OCC2CO2)cc1. The molecule has 1 aliphatic rings. The number of ether oxygens (including phenoxy) is 2. The third-order valence-corrected chi connectivity index (χ3v) is 4.25. The Hall–Kier alpha value is -1.28. The average Bonchev–Trinajstić information content (AvgIpc) is 3.40. The zero-order chi connectivity index (χ0) is 16.2. The fourth-order valence-electron chi connectivity index (χ4n) is 2.63. The van der Waals surface area contributed by atoms with Crippen LogP contribution in [0.1, 0.15) is 63.9 Å². The summed E-state index contributed by atoms with van der Waals surface area (Å²) in [5.74, 6) is 0.947. The van der Waals surface area contributed by atoms with E-state index in [-0.39, 0.29) is 0 Å². The minimum Gasteiger partial charge on any atom is -0.491 e. The molecule has 23 heavy (non-hydrogen) atoms. The largest absolute Gasteiger partial charge is 0.491 e. The smallest absolute Gasteiger partial charge is 0.119 e. The topological polar surface area (TPSA) is 21.8 Å². The van der Waals surface area contributed by atoms with Crippen molar-refractivity contribution in [3.63, 3.8) is 0 Å². The van der Waals surface area contributed by atoms with Gasteiger partial charge in [-0.2, -0.15) is 0 Å². The number of aryl methyl sites for hydroxylation is 1. The summed E-state index contributed by atoms with van der Waals surface area (Å²) in [4.78, 5) is 0. The quantitative estimate of drug-likeness (QED) is 0.264. The molecule has 1 fully saturated rings.